The van der Waals surface area contributed by atoms with Crippen LogP contribution in [0.4, 0.5) is 19.0 Å². The van der Waals surface area contributed by atoms with Crippen LogP contribution in [-0.4, -0.2) is 44.5 Å². The van der Waals surface area contributed by atoms with Gasteiger partial charge < -0.3 is 14.2 Å². The fraction of sp³-hybridized carbons (Fsp3) is 0.360. The second kappa shape index (κ2) is 10.2. The van der Waals surface area contributed by atoms with E-state index < -0.39 is 21.8 Å². The van der Waals surface area contributed by atoms with E-state index in [-0.39, 0.29) is 35.1 Å². The monoisotopic (exact) mass is 535 g/mol. The van der Waals surface area contributed by atoms with E-state index in [9.17, 15) is 21.6 Å². The molecule has 37 heavy (non-hydrogen) atoms. The number of anilines is 1. The van der Waals surface area contributed by atoms with Crippen molar-refractivity contribution in [2.75, 3.05) is 24.5 Å². The van der Waals surface area contributed by atoms with E-state index in [1.54, 1.807) is 12.1 Å². The standard InChI is InChI=1S/C25H24F3N3O5S/c26-25(27,28)16-3-5-21(23(14-16)36-17-7-11-34-12-8-17)19-9-13-35-22-15-18(4-6-20(19)22)37(32,33)31-24-2-1-10-29-30-24/h1-6,10,14-15,17,19H,7-9,11-13H2,(H,30,31)/t19-/m0/s1. The lowest BCUT2D eigenvalue weighted by Gasteiger charge is -2.30. The SMILES string of the molecule is O=S(=O)(Nc1cccnn1)c1ccc2c(c1)OCC[C@@H]2c1ccc(C(F)(F)F)cc1OC1CCOCC1. The molecule has 2 aliphatic heterocycles. The highest BCUT2D eigenvalue weighted by atomic mass is 32.2. The van der Waals surface area contributed by atoms with Crippen LogP contribution in [0.5, 0.6) is 11.5 Å². The molecule has 0 amide bonds. The van der Waals surface area contributed by atoms with Gasteiger partial charge in [0, 0.05) is 42.1 Å². The lowest BCUT2D eigenvalue weighted by molar-refractivity contribution is -0.137. The first-order valence-electron chi connectivity index (χ1n) is 11.7. The summed E-state index contributed by atoms with van der Waals surface area (Å²) in [5.74, 6) is 0.236. The first kappa shape index (κ1) is 25.3. The highest BCUT2D eigenvalue weighted by molar-refractivity contribution is 7.92. The fourth-order valence-electron chi connectivity index (χ4n) is 4.49. The van der Waals surface area contributed by atoms with Crippen LogP contribution in [0.25, 0.3) is 0 Å². The van der Waals surface area contributed by atoms with E-state index in [2.05, 4.69) is 14.9 Å². The van der Waals surface area contributed by atoms with Crippen molar-refractivity contribution in [3.05, 3.63) is 71.4 Å². The molecule has 5 rings (SSSR count). The van der Waals surface area contributed by atoms with Gasteiger partial charge >= 0.3 is 6.18 Å². The Balaban J connectivity index is 1.48. The number of benzene rings is 2. The number of nitrogens with zero attached hydrogens (tertiary/aromatic N) is 2. The third kappa shape index (κ3) is 5.64. The maximum Gasteiger partial charge on any atom is 0.416 e. The molecule has 1 aromatic heterocycles. The van der Waals surface area contributed by atoms with Gasteiger partial charge in [0.1, 0.15) is 17.6 Å². The van der Waals surface area contributed by atoms with Crippen LogP contribution in [0.3, 0.4) is 0 Å². The minimum absolute atomic E-state index is 0.0383. The van der Waals surface area contributed by atoms with Gasteiger partial charge in [0.15, 0.2) is 5.82 Å². The van der Waals surface area contributed by atoms with E-state index in [1.807, 2.05) is 0 Å². The zero-order valence-corrected chi connectivity index (χ0v) is 20.4. The number of halogens is 3. The van der Waals surface area contributed by atoms with Crippen LogP contribution < -0.4 is 14.2 Å². The van der Waals surface area contributed by atoms with Crippen LogP contribution in [0, 0.1) is 0 Å². The van der Waals surface area contributed by atoms with Crippen molar-refractivity contribution in [1.82, 2.24) is 10.2 Å². The van der Waals surface area contributed by atoms with Gasteiger partial charge in [-0.15, -0.1) is 5.10 Å². The summed E-state index contributed by atoms with van der Waals surface area (Å²) in [6, 6.07) is 11.0. The van der Waals surface area contributed by atoms with E-state index in [0.29, 0.717) is 49.4 Å². The van der Waals surface area contributed by atoms with Crippen molar-refractivity contribution in [2.24, 2.45) is 0 Å². The number of sulfonamides is 1. The number of alkyl halides is 3. The minimum Gasteiger partial charge on any atom is -0.493 e. The first-order chi connectivity index (χ1) is 17.7. The van der Waals surface area contributed by atoms with Crippen LogP contribution in [0.1, 0.15) is 41.9 Å². The van der Waals surface area contributed by atoms with Crippen LogP contribution in [0.2, 0.25) is 0 Å². The molecule has 2 aliphatic rings. The third-order valence-corrected chi connectivity index (χ3v) is 7.68. The summed E-state index contributed by atoms with van der Waals surface area (Å²) in [4.78, 5) is -0.0383. The number of ether oxygens (including phenoxy) is 3. The van der Waals surface area contributed by atoms with Gasteiger partial charge in [-0.05, 0) is 36.8 Å². The minimum atomic E-state index is -4.51. The number of nitrogens with one attached hydrogen (secondary N) is 1. The Bertz CT molecular complexity index is 1360. The average Bonchev–Trinajstić information content (AvgIpc) is 2.88. The van der Waals surface area contributed by atoms with Gasteiger partial charge in [-0.3, -0.25) is 4.72 Å². The highest BCUT2D eigenvalue weighted by Crippen LogP contribution is 2.44. The second-order valence-electron chi connectivity index (χ2n) is 8.78. The summed E-state index contributed by atoms with van der Waals surface area (Å²) < 4.78 is 85.8. The molecule has 0 bridgehead atoms. The molecule has 0 unspecified atom stereocenters. The Kier molecular flexibility index (Phi) is 6.95. The zero-order chi connectivity index (χ0) is 26.0. The molecule has 1 fully saturated rings. The molecule has 3 heterocycles. The summed E-state index contributed by atoms with van der Waals surface area (Å²) in [6.45, 7) is 1.23. The molecule has 12 heteroatoms. The van der Waals surface area contributed by atoms with Crippen LogP contribution >= 0.6 is 0 Å². The van der Waals surface area contributed by atoms with Crippen molar-refractivity contribution >= 4 is 15.8 Å². The summed E-state index contributed by atoms with van der Waals surface area (Å²) in [7, 11) is -3.97. The maximum absolute atomic E-state index is 13.5. The quantitative estimate of drug-likeness (QED) is 0.486. The Morgan fingerprint density at radius 1 is 0.973 bits per heavy atom. The number of hydrogen-bond donors (Lipinski definition) is 1. The molecular formula is C25H24F3N3O5S. The van der Waals surface area contributed by atoms with E-state index in [4.69, 9.17) is 14.2 Å². The van der Waals surface area contributed by atoms with Crippen molar-refractivity contribution in [3.8, 4) is 11.5 Å². The molecule has 1 N–H and O–H groups in total. The normalized spacial score (nSPS) is 18.5. The summed E-state index contributed by atoms with van der Waals surface area (Å²) in [5.41, 5.74) is 0.473. The predicted molar refractivity (Wildman–Crippen MR) is 127 cm³/mol. The molecule has 0 radical (unpaired) electrons. The number of hydrogen-bond acceptors (Lipinski definition) is 7. The summed E-state index contributed by atoms with van der Waals surface area (Å²) >= 11 is 0. The first-order valence-corrected chi connectivity index (χ1v) is 13.2. The average molecular weight is 536 g/mol. The lowest BCUT2D eigenvalue weighted by Crippen LogP contribution is -2.27. The Labute approximate surface area is 211 Å². The predicted octanol–water partition coefficient (Wildman–Crippen LogP) is 4.77. The zero-order valence-electron chi connectivity index (χ0n) is 19.6. The summed E-state index contributed by atoms with van der Waals surface area (Å²) in [5, 5.41) is 7.39. The van der Waals surface area contributed by atoms with Crippen molar-refractivity contribution < 1.29 is 35.8 Å². The van der Waals surface area contributed by atoms with Gasteiger partial charge in [0.25, 0.3) is 10.0 Å². The molecule has 1 saturated heterocycles. The Morgan fingerprint density at radius 3 is 2.49 bits per heavy atom. The van der Waals surface area contributed by atoms with E-state index >= 15 is 0 Å². The van der Waals surface area contributed by atoms with E-state index in [0.717, 1.165) is 12.1 Å². The van der Waals surface area contributed by atoms with Gasteiger partial charge in [-0.25, -0.2) is 8.42 Å². The molecule has 2 aromatic carbocycles. The molecule has 8 nitrogen and oxygen atoms in total. The molecule has 3 aromatic rings. The highest BCUT2D eigenvalue weighted by Gasteiger charge is 2.34. The van der Waals surface area contributed by atoms with Crippen LogP contribution in [0.15, 0.2) is 59.6 Å². The lowest BCUT2D eigenvalue weighted by atomic mass is 9.85. The molecule has 1 atom stereocenters. The molecule has 0 spiro atoms. The van der Waals surface area contributed by atoms with Gasteiger partial charge in [0.05, 0.1) is 30.3 Å². The molecule has 0 aliphatic carbocycles. The van der Waals surface area contributed by atoms with E-state index in [1.165, 1.54) is 30.5 Å². The number of rotatable bonds is 6. The smallest absolute Gasteiger partial charge is 0.416 e. The molecule has 0 saturated carbocycles. The van der Waals surface area contributed by atoms with Gasteiger partial charge in [-0.2, -0.15) is 18.3 Å². The number of aromatic nitrogens is 2. The molecule has 196 valence electrons. The Hall–Kier alpha value is -3.38. The van der Waals surface area contributed by atoms with Gasteiger partial charge in [0.2, 0.25) is 0 Å². The third-order valence-electron chi connectivity index (χ3n) is 6.32. The van der Waals surface area contributed by atoms with Crippen molar-refractivity contribution in [3.63, 3.8) is 0 Å². The fourth-order valence-corrected chi connectivity index (χ4v) is 5.50. The van der Waals surface area contributed by atoms with Crippen molar-refractivity contribution in [1.29, 1.82) is 0 Å². The summed E-state index contributed by atoms with van der Waals surface area (Å²) in [6.07, 6.45) is -1.69. The largest absolute Gasteiger partial charge is 0.493 e. The van der Waals surface area contributed by atoms with Crippen LogP contribution in [-0.2, 0) is 20.9 Å². The van der Waals surface area contributed by atoms with Crippen molar-refractivity contribution in [2.45, 2.75) is 42.4 Å². The molecular weight excluding hydrogens is 511 g/mol. The Morgan fingerprint density at radius 2 is 1.76 bits per heavy atom. The number of fused-ring (bicyclic) bond motifs is 1. The topological polar surface area (TPSA) is 99.6 Å². The second-order valence-corrected chi connectivity index (χ2v) is 10.5. The maximum atomic E-state index is 13.5. The van der Waals surface area contributed by atoms with Gasteiger partial charge in [-0.1, -0.05) is 12.1 Å².